The molecule has 2 aromatic rings. The molecule has 0 aliphatic heterocycles. The first-order chi connectivity index (χ1) is 14.7. The summed E-state index contributed by atoms with van der Waals surface area (Å²) in [7, 11) is 0. The van der Waals surface area contributed by atoms with Crippen molar-refractivity contribution in [3.63, 3.8) is 0 Å². The van der Waals surface area contributed by atoms with Crippen molar-refractivity contribution >= 4 is 23.4 Å². The monoisotopic (exact) mass is 444 g/mol. The SMILES string of the molecule is CCCCNC(=O)[C@@H](C)N(Cc1ccc(C)cc1)C(=O)COc1cc(C)c(Cl)c(C)c1. The lowest BCUT2D eigenvalue weighted by Crippen LogP contribution is -2.49. The molecule has 31 heavy (non-hydrogen) atoms. The summed E-state index contributed by atoms with van der Waals surface area (Å²) in [5.74, 6) is 0.180. The lowest BCUT2D eigenvalue weighted by Gasteiger charge is -2.29. The summed E-state index contributed by atoms with van der Waals surface area (Å²) >= 11 is 6.22. The van der Waals surface area contributed by atoms with Gasteiger partial charge in [0.1, 0.15) is 11.8 Å². The highest BCUT2D eigenvalue weighted by Gasteiger charge is 2.26. The number of aryl methyl sites for hydroxylation is 3. The largest absolute Gasteiger partial charge is 0.484 e. The summed E-state index contributed by atoms with van der Waals surface area (Å²) in [6.07, 6.45) is 1.90. The van der Waals surface area contributed by atoms with Crippen LogP contribution in [0.15, 0.2) is 36.4 Å². The van der Waals surface area contributed by atoms with Crippen molar-refractivity contribution in [2.45, 2.75) is 60.0 Å². The van der Waals surface area contributed by atoms with Crippen molar-refractivity contribution in [2.75, 3.05) is 13.2 Å². The number of unbranched alkanes of at least 4 members (excludes halogenated alkanes) is 1. The van der Waals surface area contributed by atoms with Crippen LogP contribution in [0.3, 0.4) is 0 Å². The Morgan fingerprint density at radius 3 is 2.29 bits per heavy atom. The molecule has 0 aliphatic rings. The number of nitrogens with one attached hydrogen (secondary N) is 1. The standard InChI is InChI=1S/C25H33ClN2O3/c1-6-7-12-27-25(30)20(5)28(15-21-10-8-17(2)9-11-21)23(29)16-31-22-13-18(3)24(26)19(4)14-22/h8-11,13-14,20H,6-7,12,15-16H2,1-5H3,(H,27,30)/t20-/m1/s1. The van der Waals surface area contributed by atoms with Gasteiger partial charge in [-0.15, -0.1) is 0 Å². The van der Waals surface area contributed by atoms with Crippen LogP contribution in [0, 0.1) is 20.8 Å². The molecule has 0 bridgehead atoms. The minimum atomic E-state index is -0.608. The van der Waals surface area contributed by atoms with Crippen LogP contribution in [0.4, 0.5) is 0 Å². The Labute approximate surface area is 190 Å². The zero-order valence-electron chi connectivity index (χ0n) is 19.1. The molecule has 2 aromatic carbocycles. The molecule has 0 heterocycles. The molecule has 2 rings (SSSR count). The molecule has 0 fully saturated rings. The van der Waals surface area contributed by atoms with Crippen molar-refractivity contribution in [2.24, 2.45) is 0 Å². The number of nitrogens with zero attached hydrogens (tertiary/aromatic N) is 1. The molecule has 1 atom stereocenters. The molecular formula is C25H33ClN2O3. The molecule has 0 radical (unpaired) electrons. The topological polar surface area (TPSA) is 58.6 Å². The zero-order chi connectivity index (χ0) is 23.0. The Morgan fingerprint density at radius 1 is 1.10 bits per heavy atom. The Balaban J connectivity index is 2.14. The average molecular weight is 445 g/mol. The van der Waals surface area contributed by atoms with Gasteiger partial charge in [-0.25, -0.2) is 0 Å². The number of benzene rings is 2. The second kappa shape index (κ2) is 11.8. The van der Waals surface area contributed by atoms with E-state index in [1.165, 1.54) is 0 Å². The van der Waals surface area contributed by atoms with Crippen LogP contribution in [0.1, 0.15) is 48.9 Å². The lowest BCUT2D eigenvalue weighted by atomic mass is 10.1. The van der Waals surface area contributed by atoms with Gasteiger partial charge in [0.25, 0.3) is 5.91 Å². The van der Waals surface area contributed by atoms with Crippen LogP contribution >= 0.6 is 11.6 Å². The first-order valence-corrected chi connectivity index (χ1v) is 11.1. The first-order valence-electron chi connectivity index (χ1n) is 10.7. The minimum Gasteiger partial charge on any atom is -0.484 e. The maximum Gasteiger partial charge on any atom is 0.261 e. The number of rotatable bonds is 10. The Kier molecular flexibility index (Phi) is 9.38. The average Bonchev–Trinajstić information content (AvgIpc) is 2.74. The van der Waals surface area contributed by atoms with Gasteiger partial charge in [0, 0.05) is 18.1 Å². The van der Waals surface area contributed by atoms with E-state index < -0.39 is 6.04 Å². The Bertz CT molecular complexity index is 873. The number of carbonyl (C=O) groups is 2. The van der Waals surface area contributed by atoms with E-state index in [4.69, 9.17) is 16.3 Å². The maximum absolute atomic E-state index is 13.1. The van der Waals surface area contributed by atoms with E-state index in [0.29, 0.717) is 23.9 Å². The van der Waals surface area contributed by atoms with Gasteiger partial charge in [0.2, 0.25) is 5.91 Å². The van der Waals surface area contributed by atoms with Gasteiger partial charge in [-0.1, -0.05) is 54.8 Å². The van der Waals surface area contributed by atoms with Crippen molar-refractivity contribution < 1.29 is 14.3 Å². The highest BCUT2D eigenvalue weighted by atomic mass is 35.5. The summed E-state index contributed by atoms with van der Waals surface area (Å²) in [6, 6.07) is 11.0. The Hall–Kier alpha value is -2.53. The number of hydrogen-bond donors (Lipinski definition) is 1. The number of ether oxygens (including phenoxy) is 1. The summed E-state index contributed by atoms with van der Waals surface area (Å²) in [5.41, 5.74) is 3.89. The molecule has 0 spiro atoms. The molecule has 6 heteroatoms. The number of hydrogen-bond acceptors (Lipinski definition) is 3. The van der Waals surface area contributed by atoms with E-state index in [-0.39, 0.29) is 18.4 Å². The predicted molar refractivity (Wildman–Crippen MR) is 126 cm³/mol. The van der Waals surface area contributed by atoms with E-state index >= 15 is 0 Å². The van der Waals surface area contributed by atoms with Crippen molar-refractivity contribution in [3.05, 3.63) is 63.7 Å². The van der Waals surface area contributed by atoms with Crippen LogP contribution < -0.4 is 10.1 Å². The Morgan fingerprint density at radius 2 is 1.71 bits per heavy atom. The zero-order valence-corrected chi connectivity index (χ0v) is 19.9. The predicted octanol–water partition coefficient (Wildman–Crippen LogP) is 4.98. The molecule has 0 unspecified atom stereocenters. The van der Waals surface area contributed by atoms with E-state index in [1.54, 1.807) is 11.8 Å². The van der Waals surface area contributed by atoms with Gasteiger partial charge >= 0.3 is 0 Å². The third kappa shape index (κ3) is 7.28. The third-order valence-corrected chi connectivity index (χ3v) is 5.84. The van der Waals surface area contributed by atoms with Crippen LogP contribution in [-0.2, 0) is 16.1 Å². The molecule has 168 valence electrons. The highest BCUT2D eigenvalue weighted by molar-refractivity contribution is 6.32. The van der Waals surface area contributed by atoms with Gasteiger partial charge < -0.3 is 15.0 Å². The van der Waals surface area contributed by atoms with Crippen molar-refractivity contribution in [3.8, 4) is 5.75 Å². The van der Waals surface area contributed by atoms with Crippen LogP contribution in [-0.4, -0.2) is 35.9 Å². The van der Waals surface area contributed by atoms with Crippen LogP contribution in [0.2, 0.25) is 5.02 Å². The van der Waals surface area contributed by atoms with Gasteiger partial charge in [-0.05, 0) is 62.9 Å². The van der Waals surface area contributed by atoms with Crippen LogP contribution in [0.5, 0.6) is 5.75 Å². The van der Waals surface area contributed by atoms with Crippen LogP contribution in [0.25, 0.3) is 0 Å². The molecule has 1 N–H and O–H groups in total. The normalized spacial score (nSPS) is 11.7. The molecule has 2 amide bonds. The highest BCUT2D eigenvalue weighted by Crippen LogP contribution is 2.26. The van der Waals surface area contributed by atoms with Gasteiger partial charge in [-0.2, -0.15) is 0 Å². The summed E-state index contributed by atoms with van der Waals surface area (Å²) < 4.78 is 5.77. The summed E-state index contributed by atoms with van der Waals surface area (Å²) in [5, 5.41) is 3.61. The molecule has 0 saturated heterocycles. The summed E-state index contributed by atoms with van der Waals surface area (Å²) in [4.78, 5) is 27.3. The molecular weight excluding hydrogens is 412 g/mol. The fourth-order valence-electron chi connectivity index (χ4n) is 3.23. The lowest BCUT2D eigenvalue weighted by molar-refractivity contribution is -0.142. The minimum absolute atomic E-state index is 0.154. The fourth-order valence-corrected chi connectivity index (χ4v) is 3.34. The fraction of sp³-hybridized carbons (Fsp3) is 0.440. The first kappa shape index (κ1) is 24.7. The molecule has 5 nitrogen and oxygen atoms in total. The van der Waals surface area contributed by atoms with E-state index in [0.717, 1.165) is 35.1 Å². The van der Waals surface area contributed by atoms with Gasteiger partial charge in [-0.3, -0.25) is 9.59 Å². The second-order valence-corrected chi connectivity index (χ2v) is 8.37. The maximum atomic E-state index is 13.1. The number of amides is 2. The molecule has 0 saturated carbocycles. The number of carbonyl (C=O) groups excluding carboxylic acids is 2. The second-order valence-electron chi connectivity index (χ2n) is 7.99. The molecule has 0 aliphatic carbocycles. The number of halogens is 1. The van der Waals surface area contributed by atoms with E-state index in [9.17, 15) is 9.59 Å². The smallest absolute Gasteiger partial charge is 0.261 e. The van der Waals surface area contributed by atoms with Gasteiger partial charge in [0.05, 0.1) is 0 Å². The van der Waals surface area contributed by atoms with E-state index in [2.05, 4.69) is 12.2 Å². The summed E-state index contributed by atoms with van der Waals surface area (Å²) in [6.45, 7) is 10.4. The third-order valence-electron chi connectivity index (χ3n) is 5.24. The van der Waals surface area contributed by atoms with Gasteiger partial charge in [0.15, 0.2) is 6.61 Å². The van der Waals surface area contributed by atoms with Crippen molar-refractivity contribution in [1.29, 1.82) is 0 Å². The van der Waals surface area contributed by atoms with Crippen molar-refractivity contribution in [1.82, 2.24) is 10.2 Å². The van der Waals surface area contributed by atoms with E-state index in [1.807, 2.05) is 57.2 Å². The quantitative estimate of drug-likeness (QED) is 0.526. The molecule has 0 aromatic heterocycles.